The third-order valence-electron chi connectivity index (χ3n) is 6.28. The van der Waals surface area contributed by atoms with Crippen LogP contribution in [-0.2, 0) is 11.8 Å². The Kier molecular flexibility index (Phi) is 4.59. The lowest BCUT2D eigenvalue weighted by Gasteiger charge is -2.26. The Labute approximate surface area is 194 Å². The monoisotopic (exact) mass is 454 g/mol. The highest BCUT2D eigenvalue weighted by atomic mass is 16.5. The van der Waals surface area contributed by atoms with Crippen molar-refractivity contribution in [2.45, 2.75) is 0 Å². The zero-order valence-corrected chi connectivity index (χ0v) is 18.5. The minimum atomic E-state index is -0.552. The Bertz CT molecular complexity index is 1610. The second kappa shape index (κ2) is 7.67. The number of ether oxygens (including phenoxy) is 1. The van der Waals surface area contributed by atoms with E-state index in [4.69, 9.17) is 15.5 Å². The van der Waals surface area contributed by atoms with E-state index in [-0.39, 0.29) is 5.91 Å². The van der Waals surface area contributed by atoms with Gasteiger partial charge in [0, 0.05) is 53.8 Å². The Morgan fingerprint density at radius 2 is 1.91 bits per heavy atom. The van der Waals surface area contributed by atoms with Gasteiger partial charge in [0.1, 0.15) is 0 Å². The summed E-state index contributed by atoms with van der Waals surface area (Å²) in [6, 6.07) is 13.0. The summed E-state index contributed by atoms with van der Waals surface area (Å²) < 4.78 is 7.11. The Balaban J connectivity index is 1.49. The van der Waals surface area contributed by atoms with E-state index in [0.717, 1.165) is 27.4 Å². The number of H-pyrrole nitrogens is 1. The van der Waals surface area contributed by atoms with Gasteiger partial charge in [0.2, 0.25) is 0 Å². The average Bonchev–Trinajstić information content (AvgIpc) is 3.41. The highest BCUT2D eigenvalue weighted by Gasteiger charge is 2.21. The number of benzene rings is 2. The number of nitrogens with one attached hydrogen (secondary N) is 1. The molecule has 1 aliphatic heterocycles. The first kappa shape index (κ1) is 20.4. The van der Waals surface area contributed by atoms with Gasteiger partial charge in [0.05, 0.1) is 41.0 Å². The summed E-state index contributed by atoms with van der Waals surface area (Å²) in [5.74, 6) is -0.597. The van der Waals surface area contributed by atoms with Crippen LogP contribution in [0.3, 0.4) is 0 Å². The number of nitrogens with two attached hydrogens (primary N) is 1. The van der Waals surface area contributed by atoms with Crippen molar-refractivity contribution in [1.29, 1.82) is 0 Å². The third kappa shape index (κ3) is 3.29. The predicted octanol–water partition coefficient (Wildman–Crippen LogP) is 2.84. The van der Waals surface area contributed by atoms with Crippen molar-refractivity contribution >= 4 is 44.7 Å². The number of nitrogens with zero attached hydrogens (tertiary/aromatic N) is 4. The van der Waals surface area contributed by atoms with Crippen LogP contribution in [-0.4, -0.2) is 62.8 Å². The molecule has 34 heavy (non-hydrogen) atoms. The molecule has 3 aromatic heterocycles. The molecule has 0 aliphatic carbocycles. The predicted molar refractivity (Wildman–Crippen MR) is 129 cm³/mol. The second-order valence-electron chi connectivity index (χ2n) is 8.51. The molecule has 0 unspecified atom stereocenters. The number of amides is 2. The number of pyridine rings is 1. The van der Waals surface area contributed by atoms with Crippen LogP contribution in [0.4, 0.5) is 0 Å². The number of aromatic nitrogens is 4. The number of morpholine rings is 1. The molecular formula is C25H22N6O3. The summed E-state index contributed by atoms with van der Waals surface area (Å²) >= 11 is 0. The molecule has 0 saturated carbocycles. The van der Waals surface area contributed by atoms with E-state index in [1.807, 2.05) is 37.5 Å². The number of aromatic amines is 1. The fraction of sp³-hybridized carbons (Fsp3) is 0.200. The molecule has 6 rings (SSSR count). The normalized spacial score (nSPS) is 14.3. The molecule has 1 aliphatic rings. The number of fused-ring (bicyclic) bond motifs is 4. The molecule has 3 N–H and O–H groups in total. The summed E-state index contributed by atoms with van der Waals surface area (Å²) in [6.07, 6.45) is 1.94. The van der Waals surface area contributed by atoms with Gasteiger partial charge in [0.25, 0.3) is 11.8 Å². The van der Waals surface area contributed by atoms with Gasteiger partial charge in [-0.15, -0.1) is 0 Å². The zero-order valence-electron chi connectivity index (χ0n) is 18.5. The highest BCUT2D eigenvalue weighted by molar-refractivity contribution is 6.14. The van der Waals surface area contributed by atoms with Crippen LogP contribution in [0.5, 0.6) is 0 Å². The summed E-state index contributed by atoms with van der Waals surface area (Å²) in [7, 11) is 1.87. The van der Waals surface area contributed by atoms with Crippen LogP contribution in [0, 0.1) is 0 Å². The number of carbonyl (C=O) groups excluding carboxylic acids is 2. The molecule has 2 amide bonds. The third-order valence-corrected chi connectivity index (χ3v) is 6.28. The van der Waals surface area contributed by atoms with Crippen LogP contribution < -0.4 is 5.73 Å². The lowest BCUT2D eigenvalue weighted by molar-refractivity contribution is 0.0303. The van der Waals surface area contributed by atoms with Gasteiger partial charge in [-0.3, -0.25) is 14.3 Å². The molecule has 0 atom stereocenters. The molecule has 4 heterocycles. The van der Waals surface area contributed by atoms with Crippen molar-refractivity contribution in [3.8, 4) is 11.3 Å². The molecule has 5 aromatic rings. The van der Waals surface area contributed by atoms with E-state index in [2.05, 4.69) is 10.1 Å². The Morgan fingerprint density at radius 3 is 2.71 bits per heavy atom. The number of hydrogen-bond acceptors (Lipinski definition) is 5. The molecule has 2 aromatic carbocycles. The first-order valence-corrected chi connectivity index (χ1v) is 11.0. The maximum absolute atomic E-state index is 12.9. The van der Waals surface area contributed by atoms with Crippen LogP contribution in [0.15, 0.2) is 48.7 Å². The van der Waals surface area contributed by atoms with E-state index < -0.39 is 5.91 Å². The van der Waals surface area contributed by atoms with Gasteiger partial charge in [0.15, 0.2) is 0 Å². The number of primary amides is 1. The first-order chi connectivity index (χ1) is 16.5. The van der Waals surface area contributed by atoms with Crippen LogP contribution in [0.1, 0.15) is 20.7 Å². The maximum atomic E-state index is 12.9. The second-order valence-corrected chi connectivity index (χ2v) is 8.51. The largest absolute Gasteiger partial charge is 0.378 e. The molecule has 1 saturated heterocycles. The minimum Gasteiger partial charge on any atom is -0.378 e. The quantitative estimate of drug-likeness (QED) is 0.435. The van der Waals surface area contributed by atoms with Crippen LogP contribution in [0.25, 0.3) is 44.1 Å². The molecule has 1 fully saturated rings. The van der Waals surface area contributed by atoms with Crippen molar-refractivity contribution in [3.63, 3.8) is 0 Å². The smallest absolute Gasteiger partial charge is 0.254 e. The fourth-order valence-corrected chi connectivity index (χ4v) is 4.58. The van der Waals surface area contributed by atoms with Gasteiger partial charge in [-0.2, -0.15) is 5.10 Å². The lowest BCUT2D eigenvalue weighted by Crippen LogP contribution is -2.40. The molecular weight excluding hydrogens is 432 g/mol. The van der Waals surface area contributed by atoms with E-state index >= 15 is 0 Å². The number of carbonyl (C=O) groups is 2. The van der Waals surface area contributed by atoms with Crippen molar-refractivity contribution in [2.24, 2.45) is 12.8 Å². The van der Waals surface area contributed by atoms with Gasteiger partial charge in [-0.25, -0.2) is 4.98 Å². The number of aryl methyl sites for hydroxylation is 1. The molecule has 170 valence electrons. The van der Waals surface area contributed by atoms with Gasteiger partial charge >= 0.3 is 0 Å². The lowest BCUT2D eigenvalue weighted by atomic mass is 10.1. The first-order valence-electron chi connectivity index (χ1n) is 11.0. The van der Waals surface area contributed by atoms with Gasteiger partial charge in [-0.05, 0) is 30.3 Å². The van der Waals surface area contributed by atoms with Gasteiger partial charge < -0.3 is 20.4 Å². The molecule has 0 spiro atoms. The van der Waals surface area contributed by atoms with Crippen molar-refractivity contribution in [1.82, 2.24) is 24.6 Å². The zero-order chi connectivity index (χ0) is 23.4. The van der Waals surface area contributed by atoms with Crippen LogP contribution in [0.2, 0.25) is 0 Å². The van der Waals surface area contributed by atoms with Crippen molar-refractivity contribution < 1.29 is 14.3 Å². The van der Waals surface area contributed by atoms with E-state index in [9.17, 15) is 9.59 Å². The summed E-state index contributed by atoms with van der Waals surface area (Å²) in [4.78, 5) is 35.2. The van der Waals surface area contributed by atoms with Crippen LogP contribution >= 0.6 is 0 Å². The maximum Gasteiger partial charge on any atom is 0.254 e. The molecule has 9 nitrogen and oxygen atoms in total. The standard InChI is InChI=1S/C25H22N6O3/c1-30-13-16-3-2-14(10-20(16)29-30)19-12-18(24(26)32)23-22(27-19)17-5-4-15(11-21(17)28-23)25(33)31-6-8-34-9-7-31/h2-5,10-13,28H,6-9H2,1H3,(H2,26,32). The molecule has 0 bridgehead atoms. The summed E-state index contributed by atoms with van der Waals surface area (Å²) in [5.41, 5.74) is 10.9. The van der Waals surface area contributed by atoms with E-state index in [0.29, 0.717) is 54.2 Å². The fourth-order valence-electron chi connectivity index (χ4n) is 4.58. The van der Waals surface area contributed by atoms with Crippen molar-refractivity contribution in [2.75, 3.05) is 26.3 Å². The molecule has 0 radical (unpaired) electrons. The Hall–Kier alpha value is -4.24. The minimum absolute atomic E-state index is 0.0451. The topological polar surface area (TPSA) is 119 Å². The molecule has 9 heteroatoms. The van der Waals surface area contributed by atoms with E-state index in [1.54, 1.807) is 27.8 Å². The summed E-state index contributed by atoms with van der Waals surface area (Å²) in [6.45, 7) is 2.22. The number of hydrogen-bond donors (Lipinski definition) is 2. The highest BCUT2D eigenvalue weighted by Crippen LogP contribution is 2.31. The SMILES string of the molecule is Cn1cc2ccc(-c3cc(C(N)=O)c4[nH]c5cc(C(=O)N6CCOCC6)ccc5c4n3)cc2n1. The van der Waals surface area contributed by atoms with Gasteiger partial charge in [-0.1, -0.05) is 12.1 Å². The Morgan fingerprint density at radius 1 is 1.09 bits per heavy atom. The number of rotatable bonds is 3. The van der Waals surface area contributed by atoms with E-state index in [1.165, 1.54) is 0 Å². The van der Waals surface area contributed by atoms with Crippen molar-refractivity contribution in [3.05, 3.63) is 59.8 Å². The summed E-state index contributed by atoms with van der Waals surface area (Å²) in [5, 5.41) is 6.31. The average molecular weight is 454 g/mol.